The van der Waals surface area contributed by atoms with Crippen molar-refractivity contribution in [1.29, 1.82) is 0 Å². The average molecular weight is 349 g/mol. The Morgan fingerprint density at radius 1 is 1.35 bits per heavy atom. The minimum Gasteiger partial charge on any atom is -0.392 e. The Hall–Kier alpha value is -2.44. The molecule has 1 saturated carbocycles. The van der Waals surface area contributed by atoms with Crippen LogP contribution in [0, 0.1) is 0 Å². The van der Waals surface area contributed by atoms with Crippen LogP contribution in [-0.2, 0) is 6.61 Å². The summed E-state index contributed by atoms with van der Waals surface area (Å²) in [4.78, 5) is 9.34. The Labute approximate surface area is 152 Å². The molecule has 6 nitrogen and oxygen atoms in total. The summed E-state index contributed by atoms with van der Waals surface area (Å²) < 4.78 is 2.10. The van der Waals surface area contributed by atoms with E-state index in [2.05, 4.69) is 33.1 Å². The van der Waals surface area contributed by atoms with E-state index < -0.39 is 0 Å². The third-order valence-corrected chi connectivity index (χ3v) is 5.56. The van der Waals surface area contributed by atoms with E-state index in [1.807, 2.05) is 30.5 Å². The van der Waals surface area contributed by atoms with Gasteiger partial charge in [0.05, 0.1) is 30.2 Å². The third-order valence-electron chi connectivity index (χ3n) is 5.56. The molecule has 3 N–H and O–H groups in total. The molecule has 26 heavy (non-hydrogen) atoms. The molecule has 134 valence electrons. The molecule has 4 heterocycles. The Morgan fingerprint density at radius 2 is 2.23 bits per heavy atom. The normalized spacial score (nSPS) is 22.4. The van der Waals surface area contributed by atoms with Gasteiger partial charge in [-0.1, -0.05) is 6.07 Å². The molecule has 3 aromatic rings. The summed E-state index contributed by atoms with van der Waals surface area (Å²) in [5, 5.41) is 16.5. The lowest BCUT2D eigenvalue weighted by molar-refractivity contribution is 0.280. The van der Waals surface area contributed by atoms with Gasteiger partial charge in [0.2, 0.25) is 0 Å². The van der Waals surface area contributed by atoms with Gasteiger partial charge in [-0.15, -0.1) is 0 Å². The van der Waals surface area contributed by atoms with Crippen molar-refractivity contribution in [3.05, 3.63) is 47.8 Å². The van der Waals surface area contributed by atoms with Crippen molar-refractivity contribution in [1.82, 2.24) is 19.7 Å². The minimum absolute atomic E-state index is 0.0653. The SMILES string of the molecule is C[C@@H]1NC[C@H]1Nc1cccc(-c2cnc3cc(CO)c(C4CC4)cn23)n1. The highest BCUT2D eigenvalue weighted by atomic mass is 16.3. The maximum Gasteiger partial charge on any atom is 0.137 e. The Morgan fingerprint density at radius 3 is 2.92 bits per heavy atom. The maximum absolute atomic E-state index is 9.69. The quantitative estimate of drug-likeness (QED) is 0.660. The second kappa shape index (κ2) is 6.07. The van der Waals surface area contributed by atoms with Crippen molar-refractivity contribution in [3.63, 3.8) is 0 Å². The van der Waals surface area contributed by atoms with Gasteiger partial charge in [0.15, 0.2) is 0 Å². The Kier molecular flexibility index (Phi) is 3.69. The van der Waals surface area contributed by atoms with Crippen LogP contribution >= 0.6 is 0 Å². The zero-order chi connectivity index (χ0) is 17.7. The number of aliphatic hydroxyl groups excluding tert-OH is 1. The Balaban J connectivity index is 1.53. The van der Waals surface area contributed by atoms with Crippen LogP contribution in [0.3, 0.4) is 0 Å². The number of hydrogen-bond acceptors (Lipinski definition) is 5. The molecular formula is C20H23N5O. The van der Waals surface area contributed by atoms with Crippen molar-refractivity contribution >= 4 is 11.5 Å². The van der Waals surface area contributed by atoms with Gasteiger partial charge in [-0.25, -0.2) is 9.97 Å². The molecule has 0 amide bonds. The highest BCUT2D eigenvalue weighted by molar-refractivity contribution is 5.63. The van der Waals surface area contributed by atoms with Gasteiger partial charge in [0.1, 0.15) is 11.5 Å². The van der Waals surface area contributed by atoms with E-state index in [-0.39, 0.29) is 6.61 Å². The van der Waals surface area contributed by atoms with E-state index in [0.717, 1.165) is 35.0 Å². The van der Waals surface area contributed by atoms with Gasteiger partial charge < -0.3 is 15.7 Å². The number of anilines is 1. The van der Waals surface area contributed by atoms with Crippen LogP contribution in [0.5, 0.6) is 0 Å². The van der Waals surface area contributed by atoms with E-state index >= 15 is 0 Å². The van der Waals surface area contributed by atoms with Gasteiger partial charge in [-0.3, -0.25) is 4.40 Å². The van der Waals surface area contributed by atoms with Crippen molar-refractivity contribution in [2.24, 2.45) is 0 Å². The summed E-state index contributed by atoms with van der Waals surface area (Å²) >= 11 is 0. The topological polar surface area (TPSA) is 74.5 Å². The molecule has 2 aliphatic rings. The molecule has 0 unspecified atom stereocenters. The van der Waals surface area contributed by atoms with Crippen LogP contribution in [-0.4, -0.2) is 38.1 Å². The highest BCUT2D eigenvalue weighted by Crippen LogP contribution is 2.42. The Bertz CT molecular complexity index is 962. The molecule has 3 aromatic heterocycles. The standard InChI is InChI=1S/C20H23N5O/c1-12-17(8-21-12)24-19-4-2-3-16(23-19)18-9-22-20-7-14(11-26)15(10-25(18)20)13-5-6-13/h2-4,7,9-10,12-13,17,21,26H,5-6,8,11H2,1H3,(H,23,24)/t12-,17+/m0/s1. The molecule has 2 fully saturated rings. The smallest absolute Gasteiger partial charge is 0.137 e. The van der Waals surface area contributed by atoms with Gasteiger partial charge >= 0.3 is 0 Å². The first-order chi connectivity index (χ1) is 12.7. The molecule has 5 rings (SSSR count). The summed E-state index contributed by atoms with van der Waals surface area (Å²) in [7, 11) is 0. The average Bonchev–Trinajstić information content (AvgIpc) is 3.43. The first-order valence-corrected chi connectivity index (χ1v) is 9.31. The number of aliphatic hydroxyl groups is 1. The van der Waals surface area contributed by atoms with Gasteiger partial charge in [-0.2, -0.15) is 0 Å². The molecule has 0 radical (unpaired) electrons. The molecule has 1 saturated heterocycles. The second-order valence-corrected chi connectivity index (χ2v) is 7.41. The van der Waals surface area contributed by atoms with Gasteiger partial charge in [0.25, 0.3) is 0 Å². The molecule has 1 aliphatic heterocycles. The van der Waals surface area contributed by atoms with E-state index in [1.165, 1.54) is 18.4 Å². The van der Waals surface area contributed by atoms with E-state index in [1.54, 1.807) is 0 Å². The predicted molar refractivity (Wildman–Crippen MR) is 101 cm³/mol. The first kappa shape index (κ1) is 15.8. The number of nitrogens with one attached hydrogen (secondary N) is 2. The fraction of sp³-hybridized carbons (Fsp3) is 0.400. The van der Waals surface area contributed by atoms with E-state index in [0.29, 0.717) is 18.0 Å². The molecule has 0 aromatic carbocycles. The number of aromatic nitrogens is 3. The highest BCUT2D eigenvalue weighted by Gasteiger charge is 2.27. The summed E-state index contributed by atoms with van der Waals surface area (Å²) in [6.45, 7) is 3.21. The first-order valence-electron chi connectivity index (χ1n) is 9.31. The number of pyridine rings is 2. The van der Waals surface area contributed by atoms with Crippen LogP contribution in [0.25, 0.3) is 17.0 Å². The summed E-state index contributed by atoms with van der Waals surface area (Å²) in [6.07, 6.45) is 6.41. The zero-order valence-electron chi connectivity index (χ0n) is 14.8. The van der Waals surface area contributed by atoms with Crippen molar-refractivity contribution in [2.75, 3.05) is 11.9 Å². The van der Waals surface area contributed by atoms with Crippen molar-refractivity contribution < 1.29 is 5.11 Å². The lowest BCUT2D eigenvalue weighted by Gasteiger charge is -2.36. The molecule has 6 heteroatoms. The number of fused-ring (bicyclic) bond motifs is 1. The van der Waals surface area contributed by atoms with Crippen molar-refractivity contribution in [3.8, 4) is 11.4 Å². The van der Waals surface area contributed by atoms with Crippen LogP contribution in [0.15, 0.2) is 36.7 Å². The largest absolute Gasteiger partial charge is 0.392 e. The molecule has 2 atom stereocenters. The molecule has 1 aliphatic carbocycles. The summed E-state index contributed by atoms with van der Waals surface area (Å²) in [5.74, 6) is 1.47. The summed E-state index contributed by atoms with van der Waals surface area (Å²) in [5.41, 5.74) is 4.97. The second-order valence-electron chi connectivity index (χ2n) is 7.41. The van der Waals surface area contributed by atoms with E-state index in [9.17, 15) is 5.11 Å². The minimum atomic E-state index is 0.0653. The monoisotopic (exact) mass is 349 g/mol. The van der Waals surface area contributed by atoms with Crippen LogP contribution in [0.1, 0.15) is 36.8 Å². The van der Waals surface area contributed by atoms with Crippen LogP contribution < -0.4 is 10.6 Å². The van der Waals surface area contributed by atoms with Crippen LogP contribution in [0.4, 0.5) is 5.82 Å². The molecule has 0 bridgehead atoms. The van der Waals surface area contributed by atoms with E-state index in [4.69, 9.17) is 4.98 Å². The number of hydrogen-bond donors (Lipinski definition) is 3. The zero-order valence-corrected chi connectivity index (χ0v) is 14.8. The fourth-order valence-electron chi connectivity index (χ4n) is 3.66. The predicted octanol–water partition coefficient (Wildman–Crippen LogP) is 2.54. The number of rotatable bonds is 5. The van der Waals surface area contributed by atoms with Crippen molar-refractivity contribution in [2.45, 2.75) is 44.4 Å². The fourth-order valence-corrected chi connectivity index (χ4v) is 3.66. The van der Waals surface area contributed by atoms with Gasteiger partial charge in [-0.05, 0) is 55.0 Å². The number of imidazole rings is 1. The third kappa shape index (κ3) is 2.66. The summed E-state index contributed by atoms with van der Waals surface area (Å²) in [6, 6.07) is 8.96. The van der Waals surface area contributed by atoms with Crippen LogP contribution in [0.2, 0.25) is 0 Å². The maximum atomic E-state index is 9.69. The lowest BCUT2D eigenvalue weighted by Crippen LogP contribution is -2.59. The van der Waals surface area contributed by atoms with Gasteiger partial charge in [0, 0.05) is 18.8 Å². The lowest BCUT2D eigenvalue weighted by atomic mass is 10.0. The molecular weight excluding hydrogens is 326 g/mol. The number of nitrogens with zero attached hydrogens (tertiary/aromatic N) is 3. The molecule has 0 spiro atoms.